The third-order valence-corrected chi connectivity index (χ3v) is 11.2. The molecule has 1 heterocycles. The van der Waals surface area contributed by atoms with E-state index in [0.717, 1.165) is 55.0 Å². The second-order valence-electron chi connectivity index (χ2n) is 14.5. The number of fused-ring (bicyclic) bond motifs is 2. The van der Waals surface area contributed by atoms with Gasteiger partial charge < -0.3 is 4.74 Å². The molecule has 250 valence electrons. The van der Waals surface area contributed by atoms with E-state index in [2.05, 4.69) is 167 Å². The predicted octanol–water partition coefficient (Wildman–Crippen LogP) is 12.0. The summed E-state index contributed by atoms with van der Waals surface area (Å²) in [4.78, 5) is 5.65. The molecule has 50 heavy (non-hydrogen) atoms. The zero-order chi connectivity index (χ0) is 34.1. The van der Waals surface area contributed by atoms with Crippen LogP contribution in [0.25, 0.3) is 0 Å². The van der Waals surface area contributed by atoms with Gasteiger partial charge in [-0.15, -0.1) is 0 Å². The first kappa shape index (κ1) is 32.3. The number of hydrogen-bond donors (Lipinski definition) is 0. The topological polar surface area (TPSA) is 21.6 Å². The molecule has 0 spiro atoms. The summed E-state index contributed by atoms with van der Waals surface area (Å²) >= 11 is 0. The fourth-order valence-electron chi connectivity index (χ4n) is 8.82. The van der Waals surface area contributed by atoms with Crippen LogP contribution in [-0.4, -0.2) is 5.71 Å². The molecule has 0 saturated carbocycles. The van der Waals surface area contributed by atoms with E-state index < -0.39 is 5.41 Å². The van der Waals surface area contributed by atoms with Crippen LogP contribution in [0.2, 0.25) is 0 Å². The first-order chi connectivity index (χ1) is 24.5. The van der Waals surface area contributed by atoms with Crippen molar-refractivity contribution in [2.24, 2.45) is 28.7 Å². The normalized spacial score (nSPS) is 27.7. The summed E-state index contributed by atoms with van der Waals surface area (Å²) < 4.78 is 6.75. The van der Waals surface area contributed by atoms with Crippen LogP contribution in [0.5, 0.6) is 5.75 Å². The summed E-state index contributed by atoms with van der Waals surface area (Å²) in [5, 5.41) is 0. The lowest BCUT2D eigenvalue weighted by atomic mass is 9.59. The molecule has 5 aliphatic carbocycles. The Morgan fingerprint density at radius 1 is 0.860 bits per heavy atom. The zero-order valence-electron chi connectivity index (χ0n) is 29.6. The molecule has 6 aliphatic rings. The van der Waals surface area contributed by atoms with Crippen molar-refractivity contribution in [3.8, 4) is 5.75 Å². The molecule has 5 unspecified atom stereocenters. The number of rotatable bonds is 7. The summed E-state index contributed by atoms with van der Waals surface area (Å²) in [7, 11) is 0. The first-order valence-electron chi connectivity index (χ1n) is 18.6. The van der Waals surface area contributed by atoms with E-state index in [-0.39, 0.29) is 5.92 Å². The maximum absolute atomic E-state index is 6.75. The summed E-state index contributed by atoms with van der Waals surface area (Å²) in [5.41, 5.74) is 10.6. The van der Waals surface area contributed by atoms with E-state index in [4.69, 9.17) is 9.73 Å². The molecule has 0 amide bonds. The van der Waals surface area contributed by atoms with Gasteiger partial charge in [-0.1, -0.05) is 159 Å². The Hall–Kier alpha value is -4.95. The second-order valence-corrected chi connectivity index (χ2v) is 14.5. The number of benzene rings is 2. The van der Waals surface area contributed by atoms with Crippen molar-refractivity contribution in [2.75, 3.05) is 0 Å². The van der Waals surface area contributed by atoms with E-state index >= 15 is 0 Å². The minimum Gasteiger partial charge on any atom is -0.461 e. The van der Waals surface area contributed by atoms with Gasteiger partial charge >= 0.3 is 0 Å². The van der Waals surface area contributed by atoms with Crippen molar-refractivity contribution in [2.45, 2.75) is 58.3 Å². The van der Waals surface area contributed by atoms with Crippen molar-refractivity contribution < 1.29 is 4.74 Å². The lowest BCUT2D eigenvalue weighted by Gasteiger charge is -2.45. The molecule has 1 aliphatic heterocycles. The quantitative estimate of drug-likeness (QED) is 0.273. The Morgan fingerprint density at radius 3 is 2.48 bits per heavy atom. The average molecular weight is 654 g/mol. The molecule has 2 aromatic carbocycles. The highest BCUT2D eigenvalue weighted by Gasteiger charge is 2.48. The summed E-state index contributed by atoms with van der Waals surface area (Å²) in [6, 6.07) is 19.8. The van der Waals surface area contributed by atoms with Gasteiger partial charge in [0, 0.05) is 35.1 Å². The highest BCUT2D eigenvalue weighted by atomic mass is 16.5. The molecule has 5 atom stereocenters. The number of allylic oxidation sites excluding steroid dienone is 21. The van der Waals surface area contributed by atoms with Crippen molar-refractivity contribution in [3.63, 3.8) is 0 Å². The molecule has 2 nitrogen and oxygen atoms in total. The van der Waals surface area contributed by atoms with Gasteiger partial charge in [0.15, 0.2) is 0 Å². The highest BCUT2D eigenvalue weighted by molar-refractivity contribution is 6.01. The van der Waals surface area contributed by atoms with Crippen molar-refractivity contribution in [1.82, 2.24) is 0 Å². The Bertz CT molecular complexity index is 2050. The van der Waals surface area contributed by atoms with Crippen LogP contribution >= 0.6 is 0 Å². The Morgan fingerprint density at radius 2 is 1.62 bits per heavy atom. The van der Waals surface area contributed by atoms with Gasteiger partial charge in [-0.25, -0.2) is 0 Å². The molecule has 2 heteroatoms. The largest absolute Gasteiger partial charge is 0.461 e. The molecule has 0 saturated heterocycles. The fraction of sp³-hybridized carbons (Fsp3) is 0.271. The molecule has 0 bridgehead atoms. The van der Waals surface area contributed by atoms with Crippen LogP contribution in [0.15, 0.2) is 190 Å². The summed E-state index contributed by atoms with van der Waals surface area (Å²) in [5.74, 6) is 3.50. The van der Waals surface area contributed by atoms with E-state index in [0.29, 0.717) is 17.8 Å². The Balaban J connectivity index is 1.39. The first-order valence-corrected chi connectivity index (χ1v) is 18.6. The van der Waals surface area contributed by atoms with Crippen molar-refractivity contribution in [1.29, 1.82) is 0 Å². The van der Waals surface area contributed by atoms with E-state index in [1.807, 2.05) is 0 Å². The third-order valence-electron chi connectivity index (χ3n) is 11.2. The summed E-state index contributed by atoms with van der Waals surface area (Å²) in [6.45, 7) is 6.85. The number of hydrogen-bond acceptors (Lipinski definition) is 2. The molecule has 0 N–H and O–H groups in total. The molecule has 0 aromatic heterocycles. The van der Waals surface area contributed by atoms with Crippen molar-refractivity contribution >= 4 is 5.71 Å². The van der Waals surface area contributed by atoms with Gasteiger partial charge in [0.1, 0.15) is 11.5 Å². The van der Waals surface area contributed by atoms with Crippen molar-refractivity contribution in [3.05, 3.63) is 196 Å². The van der Waals surface area contributed by atoms with Gasteiger partial charge in [0.25, 0.3) is 0 Å². The zero-order valence-corrected chi connectivity index (χ0v) is 29.6. The SMILES string of the molecule is CC(=N/C(=C\C(C)C1=CC=CC2C=CC=CC12)C1=C(C2(c3ccccc3)C3=C(CCC=C3)Oc3ccccc32)C=CCC1)C1=CC(C)CC=C1. The van der Waals surface area contributed by atoms with E-state index in [1.54, 1.807) is 0 Å². The smallest absolute Gasteiger partial charge is 0.131 e. The van der Waals surface area contributed by atoms with Gasteiger partial charge in [-0.2, -0.15) is 0 Å². The maximum Gasteiger partial charge on any atom is 0.131 e. The van der Waals surface area contributed by atoms with Crippen LogP contribution in [0.3, 0.4) is 0 Å². The number of ether oxygens (including phenoxy) is 1. The van der Waals surface area contributed by atoms with Gasteiger partial charge in [-0.05, 0) is 72.8 Å². The highest BCUT2D eigenvalue weighted by Crippen LogP contribution is 2.57. The minimum absolute atomic E-state index is 0.198. The van der Waals surface area contributed by atoms with Crippen LogP contribution in [0.1, 0.15) is 64.0 Å². The number of para-hydroxylation sites is 1. The van der Waals surface area contributed by atoms with Gasteiger partial charge in [0.2, 0.25) is 0 Å². The van der Waals surface area contributed by atoms with Crippen LogP contribution in [-0.2, 0) is 5.41 Å². The average Bonchev–Trinajstić information content (AvgIpc) is 3.17. The Labute approximate surface area is 298 Å². The van der Waals surface area contributed by atoms with Gasteiger partial charge in [0.05, 0.1) is 11.1 Å². The maximum atomic E-state index is 6.75. The predicted molar refractivity (Wildman–Crippen MR) is 209 cm³/mol. The summed E-state index contributed by atoms with van der Waals surface area (Å²) in [6.07, 6.45) is 39.8. The molecular weight excluding hydrogens is 607 g/mol. The van der Waals surface area contributed by atoms with Crippen LogP contribution < -0.4 is 4.74 Å². The monoisotopic (exact) mass is 653 g/mol. The number of aliphatic imine (C=N–C) groups is 1. The third kappa shape index (κ3) is 5.75. The lowest BCUT2D eigenvalue weighted by Crippen LogP contribution is -2.38. The van der Waals surface area contributed by atoms with E-state index in [1.165, 1.54) is 39.0 Å². The minimum atomic E-state index is -0.548. The molecule has 8 rings (SSSR count). The fourth-order valence-corrected chi connectivity index (χ4v) is 8.82. The van der Waals surface area contributed by atoms with Crippen LogP contribution in [0, 0.1) is 23.7 Å². The molecule has 2 aromatic rings. The van der Waals surface area contributed by atoms with Crippen LogP contribution in [0.4, 0.5) is 0 Å². The molecule has 0 radical (unpaired) electrons. The molecule has 0 fully saturated rings. The standard InChI is InChI=1S/C48H47NO/c1-33-17-15-20-37(31-33)35(3)49-45(32-34(2)39-25-16-19-36-18-7-8-23-40(36)39)41-24-9-10-26-42(41)48(38-21-5-4-6-22-38)43-27-11-13-29-46(43)50-47-30-14-12-28-44(47)48/h4-8,10-13,15-16,18-23,25-29,31-34,36,40H,9,14,17,24,30H2,1-3H3/b45-32-,49-35?. The lowest BCUT2D eigenvalue weighted by molar-refractivity contribution is 0.362. The van der Waals surface area contributed by atoms with Gasteiger partial charge in [-0.3, -0.25) is 4.99 Å². The number of nitrogens with zero attached hydrogens (tertiary/aromatic N) is 1. The second kappa shape index (κ2) is 13.8. The molecular formula is C48H47NO. The van der Waals surface area contributed by atoms with E-state index in [9.17, 15) is 0 Å². The Kier molecular flexibility index (Phi) is 8.87.